The first-order valence-electron chi connectivity index (χ1n) is 6.64. The molecule has 3 rings (SSSR count). The first kappa shape index (κ1) is 13.7. The SMILES string of the molecule is O=C(CNc1nc(Cl)nc(-n2ccnc2)n1)N1CCCC1. The minimum Gasteiger partial charge on any atom is -0.345 e. The lowest BCUT2D eigenvalue weighted by Gasteiger charge is -2.15. The van der Waals surface area contributed by atoms with E-state index in [1.807, 2.05) is 4.90 Å². The molecular formula is C12H14ClN7O. The molecule has 8 nitrogen and oxygen atoms in total. The Balaban J connectivity index is 1.69. The molecule has 0 aromatic carbocycles. The van der Waals surface area contributed by atoms with Gasteiger partial charge in [-0.2, -0.15) is 15.0 Å². The number of carbonyl (C=O) groups excluding carboxylic acids is 1. The fourth-order valence-electron chi connectivity index (χ4n) is 2.14. The van der Waals surface area contributed by atoms with Gasteiger partial charge in [-0.3, -0.25) is 9.36 Å². The molecule has 9 heteroatoms. The molecule has 0 radical (unpaired) electrons. The molecule has 1 N–H and O–H groups in total. The fraction of sp³-hybridized carbons (Fsp3) is 0.417. The molecule has 110 valence electrons. The van der Waals surface area contributed by atoms with Crippen molar-refractivity contribution in [3.8, 4) is 5.95 Å². The zero-order valence-electron chi connectivity index (χ0n) is 11.2. The van der Waals surface area contributed by atoms with E-state index in [9.17, 15) is 4.79 Å². The molecule has 1 aliphatic rings. The number of hydrogen-bond acceptors (Lipinski definition) is 6. The highest BCUT2D eigenvalue weighted by Crippen LogP contribution is 2.10. The molecule has 0 spiro atoms. The molecule has 0 unspecified atom stereocenters. The van der Waals surface area contributed by atoms with Crippen LogP contribution in [0.5, 0.6) is 0 Å². The normalized spacial score (nSPS) is 14.4. The van der Waals surface area contributed by atoms with Crippen LogP contribution in [0, 0.1) is 0 Å². The van der Waals surface area contributed by atoms with Crippen molar-refractivity contribution in [1.29, 1.82) is 0 Å². The topological polar surface area (TPSA) is 88.8 Å². The van der Waals surface area contributed by atoms with Crippen LogP contribution in [0.15, 0.2) is 18.7 Å². The second kappa shape index (κ2) is 6.04. The van der Waals surface area contributed by atoms with Gasteiger partial charge < -0.3 is 10.2 Å². The summed E-state index contributed by atoms with van der Waals surface area (Å²) in [6.07, 6.45) is 7.00. The van der Waals surface area contributed by atoms with Crippen LogP contribution in [0.2, 0.25) is 5.28 Å². The summed E-state index contributed by atoms with van der Waals surface area (Å²) < 4.78 is 1.61. The number of aromatic nitrogens is 5. The molecule has 21 heavy (non-hydrogen) atoms. The van der Waals surface area contributed by atoms with E-state index in [4.69, 9.17) is 11.6 Å². The van der Waals surface area contributed by atoms with E-state index in [0.717, 1.165) is 25.9 Å². The summed E-state index contributed by atoms with van der Waals surface area (Å²) in [7, 11) is 0. The van der Waals surface area contributed by atoms with Crippen molar-refractivity contribution in [1.82, 2.24) is 29.4 Å². The van der Waals surface area contributed by atoms with E-state index in [1.54, 1.807) is 23.3 Å². The number of hydrogen-bond donors (Lipinski definition) is 1. The Morgan fingerprint density at radius 3 is 2.81 bits per heavy atom. The molecule has 0 bridgehead atoms. The highest BCUT2D eigenvalue weighted by molar-refractivity contribution is 6.28. The van der Waals surface area contributed by atoms with Crippen LogP contribution in [-0.4, -0.2) is 54.9 Å². The minimum atomic E-state index is 0.0354. The lowest BCUT2D eigenvalue weighted by molar-refractivity contribution is -0.128. The fourth-order valence-corrected chi connectivity index (χ4v) is 2.30. The molecule has 0 saturated carbocycles. The number of halogens is 1. The monoisotopic (exact) mass is 307 g/mol. The maximum atomic E-state index is 12.0. The van der Waals surface area contributed by atoms with Crippen molar-refractivity contribution in [3.05, 3.63) is 24.0 Å². The van der Waals surface area contributed by atoms with Crippen LogP contribution >= 0.6 is 11.6 Å². The Hall–Kier alpha value is -2.22. The van der Waals surface area contributed by atoms with Crippen molar-refractivity contribution < 1.29 is 4.79 Å². The summed E-state index contributed by atoms with van der Waals surface area (Å²) in [4.78, 5) is 29.9. The quantitative estimate of drug-likeness (QED) is 0.896. The summed E-state index contributed by atoms with van der Waals surface area (Å²) in [6, 6.07) is 0. The highest BCUT2D eigenvalue weighted by atomic mass is 35.5. The standard InChI is InChI=1S/C12H14ClN7O/c13-10-16-11(15-7-9(21)19-4-1-2-5-19)18-12(17-10)20-6-3-14-8-20/h3,6,8H,1-2,4-5,7H2,(H,15,16,17,18). The van der Waals surface area contributed by atoms with E-state index >= 15 is 0 Å². The largest absolute Gasteiger partial charge is 0.345 e. The smallest absolute Gasteiger partial charge is 0.241 e. The number of amides is 1. The average molecular weight is 308 g/mol. The Bertz CT molecular complexity index is 625. The Morgan fingerprint density at radius 2 is 2.10 bits per heavy atom. The van der Waals surface area contributed by atoms with Gasteiger partial charge in [0.1, 0.15) is 6.33 Å². The van der Waals surface area contributed by atoms with Gasteiger partial charge in [0.25, 0.3) is 0 Å². The van der Waals surface area contributed by atoms with Gasteiger partial charge in [0.05, 0.1) is 6.54 Å². The number of rotatable bonds is 4. The van der Waals surface area contributed by atoms with E-state index < -0.39 is 0 Å². The predicted octanol–water partition coefficient (Wildman–Crippen LogP) is 0.745. The molecule has 1 amide bonds. The van der Waals surface area contributed by atoms with Crippen LogP contribution in [-0.2, 0) is 4.79 Å². The summed E-state index contributed by atoms with van der Waals surface area (Å²) in [5, 5.41) is 2.95. The number of imidazole rings is 1. The molecule has 3 heterocycles. The van der Waals surface area contributed by atoms with Crippen LogP contribution in [0.3, 0.4) is 0 Å². The van der Waals surface area contributed by atoms with Gasteiger partial charge in [-0.15, -0.1) is 0 Å². The zero-order valence-corrected chi connectivity index (χ0v) is 12.0. The maximum absolute atomic E-state index is 12.0. The van der Waals surface area contributed by atoms with Gasteiger partial charge in [0.2, 0.25) is 23.1 Å². The number of anilines is 1. The first-order chi connectivity index (χ1) is 10.2. The maximum Gasteiger partial charge on any atom is 0.241 e. The van der Waals surface area contributed by atoms with Crippen molar-refractivity contribution in [2.45, 2.75) is 12.8 Å². The van der Waals surface area contributed by atoms with Crippen molar-refractivity contribution in [3.63, 3.8) is 0 Å². The van der Waals surface area contributed by atoms with Crippen molar-refractivity contribution >= 4 is 23.5 Å². The van der Waals surface area contributed by atoms with E-state index in [0.29, 0.717) is 5.95 Å². The summed E-state index contributed by atoms with van der Waals surface area (Å²) in [5.74, 6) is 0.656. The van der Waals surface area contributed by atoms with Gasteiger partial charge in [-0.25, -0.2) is 4.98 Å². The van der Waals surface area contributed by atoms with Crippen LogP contribution in [0.25, 0.3) is 5.95 Å². The second-order valence-electron chi connectivity index (χ2n) is 4.64. The third kappa shape index (κ3) is 3.27. The van der Waals surface area contributed by atoms with Crippen LogP contribution < -0.4 is 5.32 Å². The molecule has 1 aliphatic heterocycles. The molecular weight excluding hydrogens is 294 g/mol. The molecule has 1 saturated heterocycles. The Kier molecular flexibility index (Phi) is 3.96. The van der Waals surface area contributed by atoms with Gasteiger partial charge >= 0.3 is 0 Å². The molecule has 2 aromatic rings. The van der Waals surface area contributed by atoms with E-state index in [1.165, 1.54) is 0 Å². The van der Waals surface area contributed by atoms with Gasteiger partial charge in [-0.1, -0.05) is 0 Å². The van der Waals surface area contributed by atoms with Gasteiger partial charge in [0, 0.05) is 25.5 Å². The average Bonchev–Trinajstić information content (AvgIpc) is 3.16. The van der Waals surface area contributed by atoms with Crippen molar-refractivity contribution in [2.75, 3.05) is 25.0 Å². The Morgan fingerprint density at radius 1 is 1.29 bits per heavy atom. The van der Waals surface area contributed by atoms with Crippen LogP contribution in [0.4, 0.5) is 5.95 Å². The molecule has 0 atom stereocenters. The van der Waals surface area contributed by atoms with Gasteiger partial charge in [-0.05, 0) is 24.4 Å². The predicted molar refractivity (Wildman–Crippen MR) is 76.3 cm³/mol. The highest BCUT2D eigenvalue weighted by Gasteiger charge is 2.18. The zero-order chi connectivity index (χ0) is 14.7. The third-order valence-corrected chi connectivity index (χ3v) is 3.36. The van der Waals surface area contributed by atoms with E-state index in [-0.39, 0.29) is 23.7 Å². The number of nitrogens with one attached hydrogen (secondary N) is 1. The third-order valence-electron chi connectivity index (χ3n) is 3.19. The summed E-state index contributed by atoms with van der Waals surface area (Å²) >= 11 is 5.88. The molecule has 1 fully saturated rings. The lowest BCUT2D eigenvalue weighted by atomic mass is 10.4. The first-order valence-corrected chi connectivity index (χ1v) is 7.02. The number of nitrogens with zero attached hydrogens (tertiary/aromatic N) is 6. The minimum absolute atomic E-state index is 0.0354. The second-order valence-corrected chi connectivity index (χ2v) is 4.98. The Labute approximate surface area is 126 Å². The van der Waals surface area contributed by atoms with E-state index in [2.05, 4.69) is 25.3 Å². The summed E-state index contributed by atoms with van der Waals surface area (Å²) in [6.45, 7) is 1.78. The van der Waals surface area contributed by atoms with Gasteiger partial charge in [0.15, 0.2) is 0 Å². The van der Waals surface area contributed by atoms with Crippen LogP contribution in [0.1, 0.15) is 12.8 Å². The molecule has 2 aromatic heterocycles. The number of carbonyl (C=O) groups is 1. The lowest BCUT2D eigenvalue weighted by Crippen LogP contribution is -2.33. The number of likely N-dealkylation sites (tertiary alicyclic amines) is 1. The molecule has 0 aliphatic carbocycles. The summed E-state index contributed by atoms with van der Waals surface area (Å²) in [5.41, 5.74) is 0. The van der Waals surface area contributed by atoms with Crippen molar-refractivity contribution in [2.24, 2.45) is 0 Å².